The summed E-state index contributed by atoms with van der Waals surface area (Å²) in [6.07, 6.45) is 1.90. The smallest absolute Gasteiger partial charge is 0.339 e. The van der Waals surface area contributed by atoms with Gasteiger partial charge in [-0.25, -0.2) is 4.79 Å². The van der Waals surface area contributed by atoms with Crippen LogP contribution in [0.3, 0.4) is 0 Å². The molecule has 1 aliphatic heterocycles. The molecule has 1 heterocycles. The van der Waals surface area contributed by atoms with Gasteiger partial charge in [0.25, 0.3) is 0 Å². The fourth-order valence-electron chi connectivity index (χ4n) is 1.80. The van der Waals surface area contributed by atoms with Crippen molar-refractivity contribution in [1.82, 2.24) is 10.2 Å². The summed E-state index contributed by atoms with van der Waals surface area (Å²) in [5.41, 5.74) is -0.0650. The van der Waals surface area contributed by atoms with Crippen LogP contribution in [-0.2, 0) is 9.53 Å². The van der Waals surface area contributed by atoms with Crippen LogP contribution in [-0.4, -0.2) is 29.1 Å². The van der Waals surface area contributed by atoms with Crippen LogP contribution in [0, 0.1) is 0 Å². The molecule has 0 saturated heterocycles. The maximum absolute atomic E-state index is 11.5. The van der Waals surface area contributed by atoms with Crippen molar-refractivity contribution in [3.8, 4) is 0 Å². The number of likely N-dealkylation sites (N-methyl/N-ethyl adjacent to an activating group) is 1. The summed E-state index contributed by atoms with van der Waals surface area (Å²) in [5, 5.41) is 3.19. The van der Waals surface area contributed by atoms with Crippen LogP contribution >= 0.6 is 0 Å². The summed E-state index contributed by atoms with van der Waals surface area (Å²) >= 11 is 0. The summed E-state index contributed by atoms with van der Waals surface area (Å²) in [6, 6.07) is 0. The minimum absolute atomic E-state index is 0.181. The highest BCUT2D eigenvalue weighted by Gasteiger charge is 2.39. The zero-order valence-corrected chi connectivity index (χ0v) is 11.5. The van der Waals surface area contributed by atoms with E-state index in [0.29, 0.717) is 11.5 Å². The van der Waals surface area contributed by atoms with Gasteiger partial charge < -0.3 is 10.1 Å². The predicted molar refractivity (Wildman–Crippen MR) is 68.0 cm³/mol. The molecule has 0 atom stereocenters. The van der Waals surface area contributed by atoms with E-state index in [2.05, 4.69) is 30.6 Å². The lowest BCUT2D eigenvalue weighted by atomic mass is 9.96. The third kappa shape index (κ3) is 2.88. The molecule has 0 aliphatic carbocycles. The number of esters is 1. The maximum atomic E-state index is 11.5. The van der Waals surface area contributed by atoms with Crippen molar-refractivity contribution in [2.24, 2.45) is 0 Å². The van der Waals surface area contributed by atoms with E-state index >= 15 is 0 Å². The summed E-state index contributed by atoms with van der Waals surface area (Å²) in [6.45, 7) is 13.4. The third-order valence-electron chi connectivity index (χ3n) is 3.17. The molecule has 0 aromatic heterocycles. The maximum Gasteiger partial charge on any atom is 0.339 e. The van der Waals surface area contributed by atoms with E-state index < -0.39 is 5.97 Å². The van der Waals surface area contributed by atoms with Crippen LogP contribution in [0.5, 0.6) is 0 Å². The summed E-state index contributed by atoms with van der Waals surface area (Å²) in [5.74, 6) is 0.0889. The Labute approximate surface area is 103 Å². The van der Waals surface area contributed by atoms with Gasteiger partial charge in [0.2, 0.25) is 0 Å². The Morgan fingerprint density at radius 3 is 2.35 bits per heavy atom. The number of nitrogens with zero attached hydrogens (tertiary/aromatic N) is 1. The molecule has 1 aliphatic rings. The van der Waals surface area contributed by atoms with Crippen molar-refractivity contribution in [3.63, 3.8) is 0 Å². The Hall–Kier alpha value is -1.29. The Morgan fingerprint density at radius 2 is 1.94 bits per heavy atom. The molecule has 0 aromatic carbocycles. The molecule has 1 N–H and O–H groups in total. The monoisotopic (exact) mass is 238 g/mol. The predicted octanol–water partition coefficient (Wildman–Crippen LogP) is 2.00. The molecular formula is C13H22N2O2. The molecule has 0 unspecified atom stereocenters. The molecule has 0 fully saturated rings. The molecule has 4 heteroatoms. The van der Waals surface area contributed by atoms with Crippen LogP contribution in [0.15, 0.2) is 24.1 Å². The topological polar surface area (TPSA) is 41.6 Å². The van der Waals surface area contributed by atoms with Crippen molar-refractivity contribution in [3.05, 3.63) is 24.1 Å². The molecule has 0 bridgehead atoms. The Balaban J connectivity index is 2.96. The van der Waals surface area contributed by atoms with Gasteiger partial charge in [0.05, 0.1) is 5.66 Å². The van der Waals surface area contributed by atoms with E-state index in [1.165, 1.54) is 0 Å². The van der Waals surface area contributed by atoms with Gasteiger partial charge in [-0.2, -0.15) is 0 Å². The first kappa shape index (κ1) is 13.8. The Kier molecular flexibility index (Phi) is 3.39. The van der Waals surface area contributed by atoms with Crippen molar-refractivity contribution in [1.29, 1.82) is 0 Å². The molecule has 1 rings (SSSR count). The van der Waals surface area contributed by atoms with Gasteiger partial charge in [-0.05, 0) is 47.7 Å². The number of hydrogen-bond donors (Lipinski definition) is 1. The lowest BCUT2D eigenvalue weighted by Crippen LogP contribution is -2.63. The largest absolute Gasteiger partial charge is 0.407 e. The first-order valence-electron chi connectivity index (χ1n) is 5.69. The SMILES string of the molecule is C=C(C)C(=O)OC1=CC(C)(C)N(C)C(C)(C)N1. The highest BCUT2D eigenvalue weighted by atomic mass is 16.5. The standard InChI is InChI=1S/C13H22N2O2/c1-9(2)11(16)17-10-8-12(3,4)15(7)13(5,6)14-10/h8,14H,1H2,2-7H3. The molecule has 0 spiro atoms. The number of carbonyl (C=O) groups is 1. The summed E-state index contributed by atoms with van der Waals surface area (Å²) in [4.78, 5) is 13.7. The van der Waals surface area contributed by atoms with Gasteiger partial charge in [-0.3, -0.25) is 4.90 Å². The number of nitrogens with one attached hydrogen (secondary N) is 1. The number of rotatable bonds is 2. The Morgan fingerprint density at radius 1 is 1.41 bits per heavy atom. The van der Waals surface area contributed by atoms with Gasteiger partial charge in [0.15, 0.2) is 5.88 Å². The fraction of sp³-hybridized carbons (Fsp3) is 0.615. The van der Waals surface area contributed by atoms with E-state index in [9.17, 15) is 4.79 Å². The summed E-state index contributed by atoms with van der Waals surface area (Å²) < 4.78 is 5.26. The van der Waals surface area contributed by atoms with Crippen molar-refractivity contribution in [2.75, 3.05) is 7.05 Å². The zero-order valence-electron chi connectivity index (χ0n) is 11.5. The summed E-state index contributed by atoms with van der Waals surface area (Å²) in [7, 11) is 2.03. The third-order valence-corrected chi connectivity index (χ3v) is 3.17. The molecule has 0 radical (unpaired) electrons. The highest BCUT2D eigenvalue weighted by Crippen LogP contribution is 2.29. The van der Waals surface area contributed by atoms with Crippen molar-refractivity contribution >= 4 is 5.97 Å². The molecule has 4 nitrogen and oxygen atoms in total. The average molecular weight is 238 g/mol. The van der Waals surface area contributed by atoms with E-state index in [-0.39, 0.29) is 11.2 Å². The second-order valence-corrected chi connectivity index (χ2v) is 5.58. The lowest BCUT2D eigenvalue weighted by molar-refractivity contribution is -0.137. The van der Waals surface area contributed by atoms with Crippen LogP contribution in [0.1, 0.15) is 34.6 Å². The van der Waals surface area contributed by atoms with Crippen LogP contribution in [0.25, 0.3) is 0 Å². The van der Waals surface area contributed by atoms with Gasteiger partial charge in [0, 0.05) is 11.1 Å². The highest BCUT2D eigenvalue weighted by molar-refractivity contribution is 5.87. The zero-order chi connectivity index (χ0) is 13.4. The van der Waals surface area contributed by atoms with Crippen molar-refractivity contribution < 1.29 is 9.53 Å². The quantitative estimate of drug-likeness (QED) is 0.590. The normalized spacial score (nSPS) is 22.4. The van der Waals surface area contributed by atoms with Gasteiger partial charge in [0.1, 0.15) is 0 Å². The van der Waals surface area contributed by atoms with E-state index in [0.717, 1.165) is 0 Å². The minimum Gasteiger partial charge on any atom is -0.407 e. The molecule has 96 valence electrons. The van der Waals surface area contributed by atoms with E-state index in [1.807, 2.05) is 27.0 Å². The molecule has 0 amide bonds. The Bertz CT molecular complexity index is 381. The first-order valence-corrected chi connectivity index (χ1v) is 5.69. The average Bonchev–Trinajstić information content (AvgIpc) is 2.12. The number of hydrogen-bond acceptors (Lipinski definition) is 4. The number of carbonyl (C=O) groups excluding carboxylic acids is 1. The van der Waals surface area contributed by atoms with Crippen LogP contribution < -0.4 is 5.32 Å². The number of ether oxygens (including phenoxy) is 1. The van der Waals surface area contributed by atoms with Gasteiger partial charge in [-0.15, -0.1) is 0 Å². The molecule has 0 saturated carbocycles. The van der Waals surface area contributed by atoms with E-state index in [4.69, 9.17) is 4.74 Å². The minimum atomic E-state index is -0.403. The van der Waals surface area contributed by atoms with Gasteiger partial charge in [-0.1, -0.05) is 6.58 Å². The lowest BCUT2D eigenvalue weighted by Gasteiger charge is -2.49. The molecule has 17 heavy (non-hydrogen) atoms. The van der Waals surface area contributed by atoms with Crippen molar-refractivity contribution in [2.45, 2.75) is 45.8 Å². The molecular weight excluding hydrogens is 216 g/mol. The molecule has 0 aromatic rings. The van der Waals surface area contributed by atoms with Gasteiger partial charge >= 0.3 is 5.97 Å². The van der Waals surface area contributed by atoms with Crippen LogP contribution in [0.2, 0.25) is 0 Å². The van der Waals surface area contributed by atoms with Crippen LogP contribution in [0.4, 0.5) is 0 Å². The second-order valence-electron chi connectivity index (χ2n) is 5.58. The first-order chi connectivity index (χ1) is 7.56. The van der Waals surface area contributed by atoms with E-state index in [1.54, 1.807) is 6.92 Å². The second kappa shape index (κ2) is 4.18. The fourth-order valence-corrected chi connectivity index (χ4v) is 1.80.